The van der Waals surface area contributed by atoms with E-state index in [1.807, 2.05) is 55.5 Å². The largest absolute Gasteiger partial charge is 0.492 e. The smallest absolute Gasteiger partial charge is 0.227 e. The number of carbonyl (C=O) groups is 1. The molecule has 1 aromatic heterocycles. The second-order valence-electron chi connectivity index (χ2n) is 5.50. The van der Waals surface area contributed by atoms with Gasteiger partial charge in [0.1, 0.15) is 5.75 Å². The van der Waals surface area contributed by atoms with Crippen molar-refractivity contribution in [1.29, 1.82) is 0 Å². The first-order chi connectivity index (χ1) is 12.7. The molecule has 1 N–H and O–H groups in total. The highest BCUT2D eigenvalue weighted by molar-refractivity contribution is 14.1. The first kappa shape index (κ1) is 18.4. The number of benzene rings is 2. The third-order valence-corrected chi connectivity index (χ3v) is 4.32. The summed E-state index contributed by atoms with van der Waals surface area (Å²) in [4.78, 5) is 16.6. The molecule has 1 amide bonds. The van der Waals surface area contributed by atoms with Gasteiger partial charge in [-0.15, -0.1) is 0 Å². The number of hydrogen-bond donors (Lipinski definition) is 1. The van der Waals surface area contributed by atoms with Gasteiger partial charge in [0.25, 0.3) is 0 Å². The number of aryl methyl sites for hydroxylation is 1. The Morgan fingerprint density at radius 1 is 1.19 bits per heavy atom. The van der Waals surface area contributed by atoms with Crippen LogP contribution in [0.3, 0.4) is 0 Å². The van der Waals surface area contributed by atoms with Crippen LogP contribution >= 0.6 is 22.6 Å². The Kier molecular flexibility index (Phi) is 6.21. The maximum atomic E-state index is 12.2. The number of nitrogens with zero attached hydrogens (tertiary/aromatic N) is 2. The Bertz CT molecular complexity index is 878. The highest BCUT2D eigenvalue weighted by Gasteiger charge is 2.12. The minimum absolute atomic E-state index is 0.133. The standard InChI is InChI=1S/C19H18IN3O3/c1-2-25-16-6-4-3-5-15(16)21-17(24)11-12-18-22-19(23-26-18)13-7-9-14(20)10-8-13/h3-10H,2,11-12H2,1H3,(H,21,24). The van der Waals surface area contributed by atoms with Crippen molar-refractivity contribution in [1.82, 2.24) is 10.1 Å². The van der Waals surface area contributed by atoms with E-state index in [-0.39, 0.29) is 12.3 Å². The molecule has 0 radical (unpaired) electrons. The summed E-state index contributed by atoms with van der Waals surface area (Å²) >= 11 is 2.24. The monoisotopic (exact) mass is 463 g/mol. The Morgan fingerprint density at radius 2 is 1.96 bits per heavy atom. The summed E-state index contributed by atoms with van der Waals surface area (Å²) in [6, 6.07) is 15.2. The van der Waals surface area contributed by atoms with Gasteiger partial charge in [-0.25, -0.2) is 0 Å². The van der Waals surface area contributed by atoms with E-state index >= 15 is 0 Å². The summed E-state index contributed by atoms with van der Waals surface area (Å²) in [7, 11) is 0. The van der Waals surface area contributed by atoms with E-state index in [1.54, 1.807) is 0 Å². The van der Waals surface area contributed by atoms with Crippen molar-refractivity contribution in [2.24, 2.45) is 0 Å². The van der Waals surface area contributed by atoms with E-state index in [9.17, 15) is 4.79 Å². The van der Waals surface area contributed by atoms with E-state index in [1.165, 1.54) is 0 Å². The molecule has 1 heterocycles. The molecule has 0 atom stereocenters. The number of para-hydroxylation sites is 2. The molecule has 0 aliphatic heterocycles. The maximum Gasteiger partial charge on any atom is 0.227 e. The van der Waals surface area contributed by atoms with E-state index < -0.39 is 0 Å². The predicted octanol–water partition coefficient (Wildman–Crippen LogP) is 4.31. The fourth-order valence-electron chi connectivity index (χ4n) is 2.36. The summed E-state index contributed by atoms with van der Waals surface area (Å²) < 4.78 is 11.9. The summed E-state index contributed by atoms with van der Waals surface area (Å²) in [5.74, 6) is 1.48. The van der Waals surface area contributed by atoms with Gasteiger partial charge in [-0.05, 0) is 53.8 Å². The molecular formula is C19H18IN3O3. The molecule has 0 saturated carbocycles. The van der Waals surface area contributed by atoms with Crippen molar-refractivity contribution in [3.05, 3.63) is 58.0 Å². The first-order valence-electron chi connectivity index (χ1n) is 8.26. The van der Waals surface area contributed by atoms with Crippen molar-refractivity contribution in [2.75, 3.05) is 11.9 Å². The van der Waals surface area contributed by atoms with Crippen molar-refractivity contribution in [2.45, 2.75) is 19.8 Å². The van der Waals surface area contributed by atoms with Gasteiger partial charge >= 0.3 is 0 Å². The van der Waals surface area contributed by atoms with Gasteiger partial charge in [0.05, 0.1) is 12.3 Å². The molecule has 6 nitrogen and oxygen atoms in total. The number of nitrogens with one attached hydrogen (secondary N) is 1. The average Bonchev–Trinajstić information content (AvgIpc) is 3.11. The molecule has 26 heavy (non-hydrogen) atoms. The topological polar surface area (TPSA) is 77.2 Å². The number of carbonyl (C=O) groups excluding carboxylic acids is 1. The van der Waals surface area contributed by atoms with E-state index in [2.05, 4.69) is 38.0 Å². The minimum Gasteiger partial charge on any atom is -0.492 e. The number of amides is 1. The van der Waals surface area contributed by atoms with Crippen LogP contribution in [0.2, 0.25) is 0 Å². The third-order valence-electron chi connectivity index (χ3n) is 3.60. The van der Waals surface area contributed by atoms with Crippen molar-refractivity contribution in [3.63, 3.8) is 0 Å². The molecule has 0 bridgehead atoms. The molecule has 0 unspecified atom stereocenters. The number of halogens is 1. The molecule has 0 spiro atoms. The maximum absolute atomic E-state index is 12.2. The zero-order valence-electron chi connectivity index (χ0n) is 14.2. The molecule has 2 aromatic carbocycles. The fourth-order valence-corrected chi connectivity index (χ4v) is 2.72. The number of anilines is 1. The first-order valence-corrected chi connectivity index (χ1v) is 9.34. The number of ether oxygens (including phenoxy) is 1. The van der Waals surface area contributed by atoms with Crippen LogP contribution < -0.4 is 10.1 Å². The quantitative estimate of drug-likeness (QED) is 0.529. The molecule has 7 heteroatoms. The fraction of sp³-hybridized carbons (Fsp3) is 0.211. The van der Waals surface area contributed by atoms with Gasteiger partial charge in [0.2, 0.25) is 17.6 Å². The normalized spacial score (nSPS) is 10.5. The van der Waals surface area contributed by atoms with Crippen LogP contribution in [-0.4, -0.2) is 22.7 Å². The van der Waals surface area contributed by atoms with Gasteiger partial charge in [-0.3, -0.25) is 4.79 Å². The molecule has 134 valence electrons. The predicted molar refractivity (Wildman–Crippen MR) is 107 cm³/mol. The molecule has 3 aromatic rings. The lowest BCUT2D eigenvalue weighted by Gasteiger charge is -2.10. The van der Waals surface area contributed by atoms with Crippen LogP contribution in [0.15, 0.2) is 53.1 Å². The summed E-state index contributed by atoms with van der Waals surface area (Å²) in [5.41, 5.74) is 1.54. The Balaban J connectivity index is 1.58. The van der Waals surface area contributed by atoms with E-state index in [0.29, 0.717) is 36.2 Å². The molecule has 0 aliphatic rings. The van der Waals surface area contributed by atoms with Crippen LogP contribution in [0, 0.1) is 3.57 Å². The van der Waals surface area contributed by atoms with Crippen molar-refractivity contribution >= 4 is 34.2 Å². The van der Waals surface area contributed by atoms with Crippen LogP contribution in [0.25, 0.3) is 11.4 Å². The van der Waals surface area contributed by atoms with Crippen molar-refractivity contribution in [3.8, 4) is 17.1 Å². The minimum atomic E-state index is -0.133. The average molecular weight is 463 g/mol. The summed E-state index contributed by atoms with van der Waals surface area (Å²) in [6.45, 7) is 2.44. The number of rotatable bonds is 7. The SMILES string of the molecule is CCOc1ccccc1NC(=O)CCc1nc(-c2ccc(I)cc2)no1. The molecular weight excluding hydrogens is 445 g/mol. The second-order valence-corrected chi connectivity index (χ2v) is 6.74. The molecule has 3 rings (SSSR count). The van der Waals surface area contributed by atoms with Crippen LogP contribution in [0.1, 0.15) is 19.2 Å². The Morgan fingerprint density at radius 3 is 2.73 bits per heavy atom. The Labute approximate surface area is 165 Å². The Hall–Kier alpha value is -2.42. The van der Waals surface area contributed by atoms with Crippen LogP contribution in [-0.2, 0) is 11.2 Å². The third kappa shape index (κ3) is 4.81. The van der Waals surface area contributed by atoms with Crippen LogP contribution in [0.4, 0.5) is 5.69 Å². The van der Waals surface area contributed by atoms with Gasteiger partial charge in [0, 0.05) is 22.0 Å². The summed E-state index contributed by atoms with van der Waals surface area (Å²) in [5, 5.41) is 6.83. The molecule has 0 aliphatic carbocycles. The number of aromatic nitrogens is 2. The van der Waals surface area contributed by atoms with Crippen LogP contribution in [0.5, 0.6) is 5.75 Å². The lowest BCUT2D eigenvalue weighted by Crippen LogP contribution is -2.13. The summed E-state index contributed by atoms with van der Waals surface area (Å²) in [6.07, 6.45) is 0.620. The molecule has 0 saturated heterocycles. The zero-order valence-corrected chi connectivity index (χ0v) is 16.4. The van der Waals surface area contributed by atoms with Crippen molar-refractivity contribution < 1.29 is 14.1 Å². The number of hydrogen-bond acceptors (Lipinski definition) is 5. The van der Waals surface area contributed by atoms with E-state index in [0.717, 1.165) is 9.13 Å². The lowest BCUT2D eigenvalue weighted by atomic mass is 10.2. The molecule has 0 fully saturated rings. The van der Waals surface area contributed by atoms with Gasteiger partial charge < -0.3 is 14.6 Å². The van der Waals surface area contributed by atoms with Gasteiger partial charge in [0.15, 0.2) is 0 Å². The zero-order chi connectivity index (χ0) is 18.4. The van der Waals surface area contributed by atoms with Gasteiger partial charge in [-0.1, -0.05) is 29.4 Å². The van der Waals surface area contributed by atoms with Gasteiger partial charge in [-0.2, -0.15) is 4.98 Å². The van der Waals surface area contributed by atoms with E-state index in [4.69, 9.17) is 9.26 Å². The highest BCUT2D eigenvalue weighted by atomic mass is 127. The second kappa shape index (κ2) is 8.79. The highest BCUT2D eigenvalue weighted by Crippen LogP contribution is 2.24. The lowest BCUT2D eigenvalue weighted by molar-refractivity contribution is -0.116.